The van der Waals surface area contributed by atoms with Crippen LogP contribution in [-0.2, 0) is 13.0 Å². The molecule has 0 radical (unpaired) electrons. The largest absolute Gasteiger partial charge is 0.392 e. The Morgan fingerprint density at radius 1 is 1.21 bits per heavy atom. The number of aliphatic hydroxyl groups excluding tert-OH is 1. The molecule has 19 heavy (non-hydrogen) atoms. The van der Waals surface area contributed by atoms with E-state index < -0.39 is 0 Å². The molecule has 1 atom stereocenters. The number of benzene rings is 2. The standard InChI is InChI=1S/C16H16BrNO/c17-13-6-7-14-11(9-13)5-8-16(14)18-15-4-2-1-3-12(15)10-19/h1-4,6-7,9,16,18-19H,5,8,10H2. The predicted molar refractivity (Wildman–Crippen MR) is 81.2 cm³/mol. The van der Waals surface area contributed by atoms with Gasteiger partial charge in [0.1, 0.15) is 0 Å². The monoisotopic (exact) mass is 317 g/mol. The highest BCUT2D eigenvalue weighted by Gasteiger charge is 2.22. The fourth-order valence-electron chi connectivity index (χ4n) is 2.72. The van der Waals surface area contributed by atoms with E-state index in [1.807, 2.05) is 24.3 Å². The van der Waals surface area contributed by atoms with Gasteiger partial charge in [-0.05, 0) is 42.2 Å². The molecule has 1 unspecified atom stereocenters. The average Bonchev–Trinajstić information content (AvgIpc) is 2.82. The van der Waals surface area contributed by atoms with Crippen LogP contribution in [-0.4, -0.2) is 5.11 Å². The first kappa shape index (κ1) is 12.7. The molecule has 0 saturated carbocycles. The second kappa shape index (κ2) is 5.35. The van der Waals surface area contributed by atoms with Crippen LogP contribution in [0.1, 0.15) is 29.2 Å². The first-order valence-electron chi connectivity index (χ1n) is 6.51. The van der Waals surface area contributed by atoms with Crippen molar-refractivity contribution in [3.8, 4) is 0 Å². The first-order chi connectivity index (χ1) is 9.28. The summed E-state index contributed by atoms with van der Waals surface area (Å²) in [5.41, 5.74) is 4.77. The molecule has 0 amide bonds. The summed E-state index contributed by atoms with van der Waals surface area (Å²) in [6, 6.07) is 14.8. The maximum absolute atomic E-state index is 9.38. The number of anilines is 1. The summed E-state index contributed by atoms with van der Waals surface area (Å²) < 4.78 is 1.14. The quantitative estimate of drug-likeness (QED) is 0.895. The molecule has 0 fully saturated rings. The molecule has 3 heteroatoms. The Hall–Kier alpha value is -1.32. The molecular formula is C16H16BrNO. The van der Waals surface area contributed by atoms with Crippen LogP contribution in [0.5, 0.6) is 0 Å². The second-order valence-corrected chi connectivity index (χ2v) is 5.81. The minimum Gasteiger partial charge on any atom is -0.392 e. The lowest BCUT2D eigenvalue weighted by molar-refractivity contribution is 0.282. The SMILES string of the molecule is OCc1ccccc1NC1CCc2cc(Br)ccc21. The third-order valence-corrected chi connectivity index (χ3v) is 4.19. The van der Waals surface area contributed by atoms with Gasteiger partial charge in [-0.3, -0.25) is 0 Å². The van der Waals surface area contributed by atoms with Gasteiger partial charge in [0, 0.05) is 15.7 Å². The highest BCUT2D eigenvalue weighted by molar-refractivity contribution is 9.10. The van der Waals surface area contributed by atoms with Gasteiger partial charge in [0.2, 0.25) is 0 Å². The Morgan fingerprint density at radius 2 is 2.05 bits per heavy atom. The van der Waals surface area contributed by atoms with Crippen LogP contribution < -0.4 is 5.32 Å². The number of halogens is 1. The lowest BCUT2D eigenvalue weighted by Gasteiger charge is -2.18. The van der Waals surface area contributed by atoms with Gasteiger partial charge < -0.3 is 10.4 Å². The van der Waals surface area contributed by atoms with Gasteiger partial charge in [-0.1, -0.05) is 40.2 Å². The molecule has 1 aliphatic rings. The second-order valence-electron chi connectivity index (χ2n) is 4.89. The number of aryl methyl sites for hydroxylation is 1. The van der Waals surface area contributed by atoms with E-state index >= 15 is 0 Å². The van der Waals surface area contributed by atoms with E-state index in [4.69, 9.17) is 0 Å². The van der Waals surface area contributed by atoms with E-state index in [0.717, 1.165) is 28.6 Å². The summed E-state index contributed by atoms with van der Waals surface area (Å²) in [6.07, 6.45) is 2.21. The topological polar surface area (TPSA) is 32.3 Å². The molecule has 3 rings (SSSR count). The molecular weight excluding hydrogens is 302 g/mol. The van der Waals surface area contributed by atoms with E-state index in [-0.39, 0.29) is 6.61 Å². The Bertz CT molecular complexity index is 597. The summed E-state index contributed by atoms with van der Waals surface area (Å²) >= 11 is 3.52. The van der Waals surface area contributed by atoms with Gasteiger partial charge in [-0.15, -0.1) is 0 Å². The van der Waals surface area contributed by atoms with Crippen molar-refractivity contribution < 1.29 is 5.11 Å². The number of hydrogen-bond donors (Lipinski definition) is 2. The summed E-state index contributed by atoms with van der Waals surface area (Å²) in [4.78, 5) is 0. The van der Waals surface area contributed by atoms with Gasteiger partial charge in [0.25, 0.3) is 0 Å². The smallest absolute Gasteiger partial charge is 0.0701 e. The Balaban J connectivity index is 1.87. The van der Waals surface area contributed by atoms with Gasteiger partial charge in [-0.25, -0.2) is 0 Å². The van der Waals surface area contributed by atoms with E-state index in [2.05, 4.69) is 39.4 Å². The van der Waals surface area contributed by atoms with Crippen molar-refractivity contribution in [3.05, 3.63) is 63.6 Å². The zero-order valence-corrected chi connectivity index (χ0v) is 12.2. The lowest BCUT2D eigenvalue weighted by Crippen LogP contribution is -2.08. The molecule has 0 aliphatic heterocycles. The summed E-state index contributed by atoms with van der Waals surface area (Å²) in [5, 5.41) is 12.9. The zero-order valence-electron chi connectivity index (χ0n) is 10.6. The van der Waals surface area contributed by atoms with Crippen LogP contribution in [0.3, 0.4) is 0 Å². The zero-order chi connectivity index (χ0) is 13.2. The number of nitrogens with one attached hydrogen (secondary N) is 1. The number of rotatable bonds is 3. The van der Waals surface area contributed by atoms with Crippen molar-refractivity contribution in [2.75, 3.05) is 5.32 Å². The molecule has 1 aliphatic carbocycles. The molecule has 2 aromatic carbocycles. The maximum Gasteiger partial charge on any atom is 0.0701 e. The molecule has 0 aromatic heterocycles. The van der Waals surface area contributed by atoms with E-state index in [1.165, 1.54) is 11.1 Å². The highest BCUT2D eigenvalue weighted by Crippen LogP contribution is 2.35. The van der Waals surface area contributed by atoms with E-state index in [9.17, 15) is 5.11 Å². The van der Waals surface area contributed by atoms with Crippen molar-refractivity contribution in [1.29, 1.82) is 0 Å². The Labute approximate surface area is 121 Å². The molecule has 0 saturated heterocycles. The highest BCUT2D eigenvalue weighted by atomic mass is 79.9. The molecule has 0 heterocycles. The first-order valence-corrected chi connectivity index (χ1v) is 7.31. The number of fused-ring (bicyclic) bond motifs is 1. The normalized spacial score (nSPS) is 17.3. The van der Waals surface area contributed by atoms with Crippen LogP contribution in [0.15, 0.2) is 46.9 Å². The average molecular weight is 318 g/mol. The van der Waals surface area contributed by atoms with Crippen LogP contribution in [0.25, 0.3) is 0 Å². The minimum absolute atomic E-state index is 0.0725. The summed E-state index contributed by atoms with van der Waals surface area (Å²) in [5.74, 6) is 0. The van der Waals surface area contributed by atoms with Gasteiger partial charge in [0.05, 0.1) is 12.6 Å². The number of hydrogen-bond acceptors (Lipinski definition) is 2. The third kappa shape index (κ3) is 2.53. The van der Waals surface area contributed by atoms with Crippen LogP contribution in [0.4, 0.5) is 5.69 Å². The van der Waals surface area contributed by atoms with Gasteiger partial charge >= 0.3 is 0 Å². The van der Waals surface area contributed by atoms with Crippen molar-refractivity contribution in [2.24, 2.45) is 0 Å². The number of aliphatic hydroxyl groups is 1. The van der Waals surface area contributed by atoms with E-state index in [0.29, 0.717) is 6.04 Å². The van der Waals surface area contributed by atoms with Crippen molar-refractivity contribution in [3.63, 3.8) is 0 Å². The lowest BCUT2D eigenvalue weighted by atomic mass is 10.1. The predicted octanol–water partition coefficient (Wildman–Crippen LogP) is 4.04. The van der Waals surface area contributed by atoms with E-state index in [1.54, 1.807) is 0 Å². The molecule has 2 nitrogen and oxygen atoms in total. The van der Waals surface area contributed by atoms with Crippen LogP contribution >= 0.6 is 15.9 Å². The molecule has 0 bridgehead atoms. The van der Waals surface area contributed by atoms with Gasteiger partial charge in [0.15, 0.2) is 0 Å². The fourth-order valence-corrected chi connectivity index (χ4v) is 3.13. The molecule has 2 aromatic rings. The molecule has 2 N–H and O–H groups in total. The van der Waals surface area contributed by atoms with Crippen LogP contribution in [0.2, 0.25) is 0 Å². The summed E-state index contributed by atoms with van der Waals surface area (Å²) in [7, 11) is 0. The van der Waals surface area contributed by atoms with Crippen molar-refractivity contribution in [2.45, 2.75) is 25.5 Å². The Morgan fingerprint density at radius 3 is 2.89 bits per heavy atom. The summed E-state index contributed by atoms with van der Waals surface area (Å²) in [6.45, 7) is 0.0725. The molecule has 98 valence electrons. The van der Waals surface area contributed by atoms with Crippen LogP contribution in [0, 0.1) is 0 Å². The van der Waals surface area contributed by atoms with Crippen molar-refractivity contribution in [1.82, 2.24) is 0 Å². The third-order valence-electron chi connectivity index (χ3n) is 3.70. The molecule has 0 spiro atoms. The van der Waals surface area contributed by atoms with Gasteiger partial charge in [-0.2, -0.15) is 0 Å². The minimum atomic E-state index is 0.0725. The maximum atomic E-state index is 9.38. The number of para-hydroxylation sites is 1. The van der Waals surface area contributed by atoms with Crippen molar-refractivity contribution >= 4 is 21.6 Å². The fraction of sp³-hybridized carbons (Fsp3) is 0.250. The Kier molecular flexibility index (Phi) is 3.58.